The summed E-state index contributed by atoms with van der Waals surface area (Å²) in [6.07, 6.45) is 1.75. The van der Waals surface area contributed by atoms with Crippen LogP contribution in [0.2, 0.25) is 0 Å². The lowest BCUT2D eigenvalue weighted by Gasteiger charge is -2.16. The number of anilines is 1. The summed E-state index contributed by atoms with van der Waals surface area (Å²) in [6, 6.07) is 19.6. The maximum atomic E-state index is 12.7. The highest BCUT2D eigenvalue weighted by Crippen LogP contribution is 2.22. The van der Waals surface area contributed by atoms with E-state index in [1.54, 1.807) is 6.20 Å². The lowest BCUT2D eigenvalue weighted by Crippen LogP contribution is -2.24. The predicted molar refractivity (Wildman–Crippen MR) is 116 cm³/mol. The van der Waals surface area contributed by atoms with E-state index in [1.165, 1.54) is 0 Å². The zero-order chi connectivity index (χ0) is 20.4. The Morgan fingerprint density at radius 1 is 1.07 bits per heavy atom. The summed E-state index contributed by atoms with van der Waals surface area (Å²) >= 11 is 0. The van der Waals surface area contributed by atoms with Crippen LogP contribution >= 0.6 is 0 Å². The molecule has 2 aromatic heterocycles. The van der Waals surface area contributed by atoms with Crippen LogP contribution in [-0.2, 0) is 6.54 Å². The highest BCUT2D eigenvalue weighted by atomic mass is 16.1. The van der Waals surface area contributed by atoms with E-state index in [4.69, 9.17) is 0 Å². The molecule has 0 atom stereocenters. The Hall–Kier alpha value is -3.67. The van der Waals surface area contributed by atoms with Gasteiger partial charge in [-0.3, -0.25) is 9.36 Å². The number of amides is 1. The second-order valence-corrected chi connectivity index (χ2v) is 7.10. The van der Waals surface area contributed by atoms with Crippen LogP contribution < -0.4 is 10.2 Å². The van der Waals surface area contributed by atoms with Gasteiger partial charge in [0, 0.05) is 43.7 Å². The number of hydrogen-bond donors (Lipinski definition) is 1. The highest BCUT2D eigenvalue weighted by molar-refractivity contribution is 5.97. The first-order valence-electron chi connectivity index (χ1n) is 9.48. The van der Waals surface area contributed by atoms with Crippen molar-refractivity contribution in [3.05, 3.63) is 83.8 Å². The molecule has 0 fully saturated rings. The van der Waals surface area contributed by atoms with Crippen molar-refractivity contribution in [2.24, 2.45) is 0 Å². The molecule has 0 aliphatic carbocycles. The van der Waals surface area contributed by atoms with Crippen molar-refractivity contribution >= 4 is 22.8 Å². The topological polar surface area (TPSA) is 63.1 Å². The van der Waals surface area contributed by atoms with Crippen LogP contribution in [0.1, 0.15) is 21.7 Å². The van der Waals surface area contributed by atoms with Gasteiger partial charge in [-0.1, -0.05) is 24.3 Å². The van der Waals surface area contributed by atoms with Crippen LogP contribution in [0.5, 0.6) is 0 Å². The monoisotopic (exact) mass is 385 g/mol. The van der Waals surface area contributed by atoms with Gasteiger partial charge >= 0.3 is 0 Å². The Labute approximate surface area is 169 Å². The Morgan fingerprint density at radius 3 is 2.62 bits per heavy atom. The van der Waals surface area contributed by atoms with Gasteiger partial charge in [-0.15, -0.1) is 0 Å². The average Bonchev–Trinajstić information content (AvgIpc) is 3.07. The Kier molecular flexibility index (Phi) is 4.99. The number of carbonyl (C=O) groups is 1. The smallest absolute Gasteiger partial charge is 0.251 e. The maximum Gasteiger partial charge on any atom is 0.251 e. The summed E-state index contributed by atoms with van der Waals surface area (Å²) in [6.45, 7) is 2.38. The van der Waals surface area contributed by atoms with Crippen molar-refractivity contribution in [1.82, 2.24) is 19.9 Å². The lowest BCUT2D eigenvalue weighted by molar-refractivity contribution is 0.0951. The molecule has 4 rings (SSSR count). The minimum atomic E-state index is -0.132. The van der Waals surface area contributed by atoms with Crippen molar-refractivity contribution in [1.29, 1.82) is 0 Å². The number of hydrogen-bond acceptors (Lipinski definition) is 4. The van der Waals surface area contributed by atoms with Crippen molar-refractivity contribution in [2.45, 2.75) is 13.5 Å². The molecule has 146 valence electrons. The van der Waals surface area contributed by atoms with Gasteiger partial charge in [0.1, 0.15) is 11.6 Å². The number of imidazole rings is 1. The molecule has 0 saturated heterocycles. The highest BCUT2D eigenvalue weighted by Gasteiger charge is 2.13. The summed E-state index contributed by atoms with van der Waals surface area (Å²) in [4.78, 5) is 23.7. The average molecular weight is 385 g/mol. The van der Waals surface area contributed by atoms with E-state index < -0.39 is 0 Å². The molecule has 0 saturated carbocycles. The van der Waals surface area contributed by atoms with Gasteiger partial charge in [-0.2, -0.15) is 0 Å². The van der Waals surface area contributed by atoms with Crippen molar-refractivity contribution < 1.29 is 4.79 Å². The van der Waals surface area contributed by atoms with E-state index in [0.29, 0.717) is 12.1 Å². The molecule has 6 heteroatoms. The van der Waals surface area contributed by atoms with E-state index >= 15 is 0 Å². The number of aromatic nitrogens is 3. The van der Waals surface area contributed by atoms with Gasteiger partial charge in [0.05, 0.1) is 11.0 Å². The summed E-state index contributed by atoms with van der Waals surface area (Å²) in [7, 11) is 3.87. The van der Waals surface area contributed by atoms with Crippen LogP contribution in [-0.4, -0.2) is 34.5 Å². The van der Waals surface area contributed by atoms with Crippen LogP contribution in [0.25, 0.3) is 16.7 Å². The van der Waals surface area contributed by atoms with Gasteiger partial charge in [-0.25, -0.2) is 9.97 Å². The molecule has 0 unspecified atom stereocenters. The number of carbonyl (C=O) groups excluding carboxylic acids is 1. The van der Waals surface area contributed by atoms with Crippen molar-refractivity contribution in [3.63, 3.8) is 0 Å². The number of aryl methyl sites for hydroxylation is 1. The molecule has 1 N–H and O–H groups in total. The first-order chi connectivity index (χ1) is 14.0. The Bertz CT molecular complexity index is 1160. The second kappa shape index (κ2) is 7.75. The van der Waals surface area contributed by atoms with Gasteiger partial charge in [0.2, 0.25) is 0 Å². The van der Waals surface area contributed by atoms with E-state index in [1.807, 2.05) is 86.6 Å². The van der Waals surface area contributed by atoms with Gasteiger partial charge in [0.15, 0.2) is 0 Å². The van der Waals surface area contributed by atoms with Crippen molar-refractivity contribution in [3.8, 4) is 5.69 Å². The molecular formula is C23H23N5O. The zero-order valence-corrected chi connectivity index (χ0v) is 16.8. The minimum Gasteiger partial charge on any atom is -0.362 e. The summed E-state index contributed by atoms with van der Waals surface area (Å²) in [5, 5.41) is 2.99. The second-order valence-electron chi connectivity index (χ2n) is 7.10. The summed E-state index contributed by atoms with van der Waals surface area (Å²) in [5.41, 5.74) is 4.39. The Balaban J connectivity index is 1.58. The number of nitrogens with one attached hydrogen (secondary N) is 1. The molecule has 0 spiro atoms. The van der Waals surface area contributed by atoms with Crippen LogP contribution in [0.15, 0.2) is 66.9 Å². The fourth-order valence-electron chi connectivity index (χ4n) is 3.49. The SMILES string of the molecule is Cc1nc2cc(C(=O)NCc3cccnc3N(C)C)ccc2n1-c1ccccc1. The summed E-state index contributed by atoms with van der Waals surface area (Å²) in [5.74, 6) is 1.60. The quantitative estimate of drug-likeness (QED) is 0.569. The fourth-order valence-corrected chi connectivity index (χ4v) is 3.49. The summed E-state index contributed by atoms with van der Waals surface area (Å²) < 4.78 is 2.09. The van der Waals surface area contributed by atoms with E-state index in [9.17, 15) is 4.79 Å². The largest absolute Gasteiger partial charge is 0.362 e. The standard InChI is InChI=1S/C23H23N5O/c1-16-26-20-14-17(11-12-21(20)28(16)19-9-5-4-6-10-19)23(29)25-15-18-8-7-13-24-22(18)27(2)3/h4-14H,15H2,1-3H3,(H,25,29). The van der Waals surface area contributed by atoms with Gasteiger partial charge < -0.3 is 10.2 Å². The van der Waals surface area contributed by atoms with Crippen LogP contribution in [0, 0.1) is 6.92 Å². The first kappa shape index (κ1) is 18.7. The number of benzene rings is 2. The number of pyridine rings is 1. The fraction of sp³-hybridized carbons (Fsp3) is 0.174. The molecule has 6 nitrogen and oxygen atoms in total. The van der Waals surface area contributed by atoms with Gasteiger partial charge in [-0.05, 0) is 43.3 Å². The number of para-hydroxylation sites is 1. The molecule has 0 aliphatic rings. The van der Waals surface area contributed by atoms with E-state index in [0.717, 1.165) is 33.9 Å². The molecular weight excluding hydrogens is 362 g/mol. The number of rotatable bonds is 5. The minimum absolute atomic E-state index is 0.132. The molecule has 2 aromatic carbocycles. The maximum absolute atomic E-state index is 12.7. The molecule has 4 aromatic rings. The number of fused-ring (bicyclic) bond motifs is 1. The molecule has 2 heterocycles. The number of nitrogens with zero attached hydrogens (tertiary/aromatic N) is 4. The predicted octanol–water partition coefficient (Wildman–Crippen LogP) is 3.72. The zero-order valence-electron chi connectivity index (χ0n) is 16.8. The molecule has 0 aliphatic heterocycles. The van der Waals surface area contributed by atoms with E-state index in [-0.39, 0.29) is 5.91 Å². The molecule has 0 bridgehead atoms. The van der Waals surface area contributed by atoms with Crippen LogP contribution in [0.4, 0.5) is 5.82 Å². The van der Waals surface area contributed by atoms with Crippen molar-refractivity contribution in [2.75, 3.05) is 19.0 Å². The Morgan fingerprint density at radius 2 is 1.86 bits per heavy atom. The molecule has 0 radical (unpaired) electrons. The third kappa shape index (κ3) is 3.69. The molecule has 1 amide bonds. The normalized spacial score (nSPS) is 10.9. The van der Waals surface area contributed by atoms with Gasteiger partial charge in [0.25, 0.3) is 5.91 Å². The third-order valence-corrected chi connectivity index (χ3v) is 4.83. The van der Waals surface area contributed by atoms with Crippen LogP contribution in [0.3, 0.4) is 0 Å². The first-order valence-corrected chi connectivity index (χ1v) is 9.48. The lowest BCUT2D eigenvalue weighted by atomic mass is 10.1. The molecule has 29 heavy (non-hydrogen) atoms. The van der Waals surface area contributed by atoms with E-state index in [2.05, 4.69) is 19.9 Å². The third-order valence-electron chi connectivity index (χ3n) is 4.83.